The maximum atomic E-state index is 12.3. The lowest BCUT2D eigenvalue weighted by molar-refractivity contribution is 0.0381. The molecule has 1 aliphatic rings. The van der Waals surface area contributed by atoms with Crippen LogP contribution in [0.5, 0.6) is 0 Å². The molecule has 8 heteroatoms. The van der Waals surface area contributed by atoms with E-state index < -0.39 is 5.60 Å². The zero-order valence-electron chi connectivity index (χ0n) is 9.84. The summed E-state index contributed by atoms with van der Waals surface area (Å²) in [6, 6.07) is 1.60. The van der Waals surface area contributed by atoms with Crippen molar-refractivity contribution < 1.29 is 14.3 Å². The topological polar surface area (TPSA) is 95.3 Å². The van der Waals surface area contributed by atoms with Crippen molar-refractivity contribution in [2.45, 2.75) is 12.0 Å². The lowest BCUT2D eigenvalue weighted by atomic mass is 10.00. The Morgan fingerprint density at radius 1 is 1.63 bits per heavy atom. The van der Waals surface area contributed by atoms with E-state index in [2.05, 4.69) is 31.3 Å². The van der Waals surface area contributed by atoms with Gasteiger partial charge in [-0.25, -0.2) is 0 Å². The minimum absolute atomic E-state index is 0.181. The lowest BCUT2D eigenvalue weighted by Gasteiger charge is -2.20. The van der Waals surface area contributed by atoms with Gasteiger partial charge in [0, 0.05) is 13.0 Å². The maximum Gasteiger partial charge on any atom is 0.258 e. The first-order valence-electron chi connectivity index (χ1n) is 5.71. The Morgan fingerprint density at radius 3 is 3.11 bits per heavy atom. The monoisotopic (exact) mass is 326 g/mol. The van der Waals surface area contributed by atoms with Crippen LogP contribution in [-0.4, -0.2) is 44.4 Å². The fourth-order valence-electron chi connectivity index (χ4n) is 2.22. The SMILES string of the molecule is O=C(c1ccoc1Br)N1CC[C@](O)(c2cn[nH]n2)C1. The Hall–Kier alpha value is -1.67. The highest BCUT2D eigenvalue weighted by Gasteiger charge is 2.42. The lowest BCUT2D eigenvalue weighted by Crippen LogP contribution is -2.34. The second-order valence-electron chi connectivity index (χ2n) is 4.47. The number of aromatic nitrogens is 3. The number of aromatic amines is 1. The third-order valence-corrected chi connectivity index (χ3v) is 3.89. The van der Waals surface area contributed by atoms with Crippen LogP contribution in [0, 0.1) is 0 Å². The molecule has 1 fully saturated rings. The fourth-order valence-corrected chi connectivity index (χ4v) is 2.63. The van der Waals surface area contributed by atoms with Crippen LogP contribution in [0.4, 0.5) is 0 Å². The number of H-pyrrole nitrogens is 1. The van der Waals surface area contributed by atoms with E-state index in [9.17, 15) is 9.90 Å². The van der Waals surface area contributed by atoms with Crippen LogP contribution in [0.3, 0.4) is 0 Å². The fraction of sp³-hybridized carbons (Fsp3) is 0.364. The second kappa shape index (κ2) is 4.46. The molecule has 2 N–H and O–H groups in total. The molecule has 1 aliphatic heterocycles. The van der Waals surface area contributed by atoms with Gasteiger partial charge in [-0.1, -0.05) is 0 Å². The molecule has 2 aromatic rings. The quantitative estimate of drug-likeness (QED) is 0.854. The molecule has 1 atom stereocenters. The number of carbonyl (C=O) groups is 1. The Labute approximate surface area is 116 Å². The number of carbonyl (C=O) groups excluding carboxylic acids is 1. The van der Waals surface area contributed by atoms with E-state index >= 15 is 0 Å². The van der Waals surface area contributed by atoms with Crippen LogP contribution < -0.4 is 0 Å². The van der Waals surface area contributed by atoms with Gasteiger partial charge in [0.05, 0.1) is 24.6 Å². The summed E-state index contributed by atoms with van der Waals surface area (Å²) in [5, 5.41) is 20.5. The average molecular weight is 327 g/mol. The Balaban J connectivity index is 1.80. The van der Waals surface area contributed by atoms with Crippen LogP contribution in [0.2, 0.25) is 0 Å². The summed E-state index contributed by atoms with van der Waals surface area (Å²) in [5.74, 6) is -0.181. The largest absolute Gasteiger partial charge is 0.457 e. The third-order valence-electron chi connectivity index (χ3n) is 3.28. The number of halogens is 1. The molecule has 0 unspecified atom stereocenters. The van der Waals surface area contributed by atoms with E-state index in [1.54, 1.807) is 11.0 Å². The predicted molar refractivity (Wildman–Crippen MR) is 67.2 cm³/mol. The summed E-state index contributed by atoms with van der Waals surface area (Å²) in [6.45, 7) is 0.649. The van der Waals surface area contributed by atoms with Crippen molar-refractivity contribution in [3.8, 4) is 0 Å². The van der Waals surface area contributed by atoms with Gasteiger partial charge in [0.2, 0.25) is 0 Å². The van der Waals surface area contributed by atoms with Crippen molar-refractivity contribution >= 4 is 21.8 Å². The van der Waals surface area contributed by atoms with E-state index in [1.165, 1.54) is 12.5 Å². The van der Waals surface area contributed by atoms with Gasteiger partial charge in [-0.05, 0) is 22.0 Å². The summed E-state index contributed by atoms with van der Waals surface area (Å²) in [7, 11) is 0. The minimum atomic E-state index is -1.14. The molecule has 0 aromatic carbocycles. The van der Waals surface area contributed by atoms with E-state index in [4.69, 9.17) is 4.42 Å². The molecule has 3 heterocycles. The Bertz CT molecular complexity index is 597. The second-order valence-corrected chi connectivity index (χ2v) is 5.19. The molecule has 100 valence electrons. The molecular weight excluding hydrogens is 316 g/mol. The van der Waals surface area contributed by atoms with Crippen molar-refractivity contribution in [1.29, 1.82) is 0 Å². The molecule has 0 aliphatic carbocycles. The number of nitrogens with one attached hydrogen (secondary N) is 1. The summed E-state index contributed by atoms with van der Waals surface area (Å²) < 4.78 is 5.45. The molecule has 3 rings (SSSR count). The van der Waals surface area contributed by atoms with Crippen LogP contribution in [-0.2, 0) is 5.60 Å². The number of hydrogen-bond donors (Lipinski definition) is 2. The first-order valence-corrected chi connectivity index (χ1v) is 6.50. The summed E-state index contributed by atoms with van der Waals surface area (Å²) in [5.41, 5.74) is -0.239. The molecular formula is C11H11BrN4O3. The van der Waals surface area contributed by atoms with E-state index in [0.717, 1.165) is 0 Å². The highest BCUT2D eigenvalue weighted by atomic mass is 79.9. The zero-order chi connectivity index (χ0) is 13.5. The molecule has 7 nitrogen and oxygen atoms in total. The smallest absolute Gasteiger partial charge is 0.258 e. The van der Waals surface area contributed by atoms with E-state index in [1.807, 2.05) is 0 Å². The molecule has 2 aromatic heterocycles. The summed E-state index contributed by atoms with van der Waals surface area (Å²) >= 11 is 3.18. The Kier molecular flexibility index (Phi) is 2.90. The van der Waals surface area contributed by atoms with Gasteiger partial charge in [-0.2, -0.15) is 15.4 Å². The molecule has 1 saturated heterocycles. The van der Waals surface area contributed by atoms with Gasteiger partial charge in [0.25, 0.3) is 5.91 Å². The average Bonchev–Trinajstić information content (AvgIpc) is 3.08. The number of furan rings is 1. The first-order chi connectivity index (χ1) is 9.10. The van der Waals surface area contributed by atoms with Gasteiger partial charge >= 0.3 is 0 Å². The maximum absolute atomic E-state index is 12.3. The Morgan fingerprint density at radius 2 is 2.47 bits per heavy atom. The molecule has 19 heavy (non-hydrogen) atoms. The van der Waals surface area contributed by atoms with Crippen molar-refractivity contribution in [1.82, 2.24) is 20.3 Å². The van der Waals surface area contributed by atoms with E-state index in [-0.39, 0.29) is 12.5 Å². The van der Waals surface area contributed by atoms with Crippen LogP contribution >= 0.6 is 15.9 Å². The van der Waals surface area contributed by atoms with Crippen LogP contribution in [0.25, 0.3) is 0 Å². The molecule has 0 radical (unpaired) electrons. The van der Waals surface area contributed by atoms with Gasteiger partial charge in [0.1, 0.15) is 11.3 Å². The van der Waals surface area contributed by atoms with Crippen LogP contribution in [0.15, 0.2) is 27.6 Å². The number of likely N-dealkylation sites (tertiary alicyclic amines) is 1. The predicted octanol–water partition coefficient (Wildman–Crippen LogP) is 0.894. The highest BCUT2D eigenvalue weighted by Crippen LogP contribution is 2.31. The summed E-state index contributed by atoms with van der Waals surface area (Å²) in [4.78, 5) is 13.8. The normalized spacial score (nSPS) is 22.9. The van der Waals surface area contributed by atoms with Crippen LogP contribution in [0.1, 0.15) is 22.5 Å². The molecule has 0 spiro atoms. The number of hydrogen-bond acceptors (Lipinski definition) is 5. The van der Waals surface area contributed by atoms with Crippen molar-refractivity contribution in [3.63, 3.8) is 0 Å². The van der Waals surface area contributed by atoms with Crippen molar-refractivity contribution in [2.24, 2.45) is 0 Å². The summed E-state index contributed by atoms with van der Waals surface area (Å²) in [6.07, 6.45) is 3.35. The number of β-amino-alcohol motifs (C(OH)–C–C–N with tert-alkyl or cyclic N) is 1. The van der Waals surface area contributed by atoms with Gasteiger partial charge < -0.3 is 14.4 Å². The number of nitrogens with zero attached hydrogens (tertiary/aromatic N) is 3. The molecule has 1 amide bonds. The van der Waals surface area contributed by atoms with Gasteiger partial charge in [-0.3, -0.25) is 4.79 Å². The van der Waals surface area contributed by atoms with Gasteiger partial charge in [0.15, 0.2) is 4.67 Å². The van der Waals surface area contributed by atoms with Crippen molar-refractivity contribution in [2.75, 3.05) is 13.1 Å². The first kappa shape index (κ1) is 12.4. The number of rotatable bonds is 2. The van der Waals surface area contributed by atoms with Crippen molar-refractivity contribution in [3.05, 3.63) is 34.5 Å². The molecule has 0 bridgehead atoms. The zero-order valence-corrected chi connectivity index (χ0v) is 11.4. The van der Waals surface area contributed by atoms with E-state index in [0.29, 0.717) is 28.9 Å². The minimum Gasteiger partial charge on any atom is -0.457 e. The standard InChI is InChI=1S/C11H11BrN4O3/c12-9-7(1-4-19-9)10(17)16-3-2-11(18,6-16)8-5-13-15-14-8/h1,4-5,18H,2-3,6H2,(H,13,14,15)/t11-/m1/s1. The third kappa shape index (κ3) is 2.06. The molecule has 0 saturated carbocycles. The number of amides is 1. The highest BCUT2D eigenvalue weighted by molar-refractivity contribution is 9.10. The van der Waals surface area contributed by atoms with Gasteiger partial charge in [-0.15, -0.1) is 0 Å². The number of aliphatic hydroxyl groups is 1.